The molecule has 0 aromatic carbocycles. The Kier molecular flexibility index (Phi) is 4.83. The smallest absolute Gasteiger partial charge is 0.192 e. The fraction of sp³-hybridized carbons (Fsp3) is 0.769. The predicted molar refractivity (Wildman–Crippen MR) is 70.9 cm³/mol. The van der Waals surface area contributed by atoms with Crippen molar-refractivity contribution in [2.75, 3.05) is 20.2 Å². The van der Waals surface area contributed by atoms with Crippen molar-refractivity contribution in [2.24, 2.45) is 10.4 Å². The maximum atomic E-state index is 5.42. The van der Waals surface area contributed by atoms with Crippen LogP contribution in [0.25, 0.3) is 0 Å². The van der Waals surface area contributed by atoms with E-state index in [1.807, 2.05) is 6.92 Å². The number of nitrogens with one attached hydrogen (secondary N) is 2. The van der Waals surface area contributed by atoms with Crippen molar-refractivity contribution < 1.29 is 4.74 Å². The lowest BCUT2D eigenvalue weighted by Gasteiger charge is -2.51. The first kappa shape index (κ1) is 13.9. The number of terminal acetylenes is 1. The minimum absolute atomic E-state index is 0.126. The largest absolute Gasteiger partial charge is 0.381 e. The molecule has 0 heterocycles. The molecule has 1 rings (SSSR count). The maximum Gasteiger partial charge on any atom is 0.192 e. The molecule has 1 aliphatic rings. The Hall–Kier alpha value is -1.21. The van der Waals surface area contributed by atoms with Gasteiger partial charge < -0.3 is 15.4 Å². The van der Waals surface area contributed by atoms with Crippen LogP contribution in [0.4, 0.5) is 0 Å². The molecule has 17 heavy (non-hydrogen) atoms. The second-order valence-corrected chi connectivity index (χ2v) is 4.88. The monoisotopic (exact) mass is 237 g/mol. The van der Waals surface area contributed by atoms with E-state index in [2.05, 4.69) is 35.4 Å². The zero-order valence-electron chi connectivity index (χ0n) is 11.2. The van der Waals surface area contributed by atoms with E-state index in [9.17, 15) is 0 Å². The fourth-order valence-corrected chi connectivity index (χ4v) is 2.14. The highest BCUT2D eigenvalue weighted by Gasteiger charge is 2.48. The number of hydrogen-bond donors (Lipinski definition) is 2. The molecule has 1 fully saturated rings. The third-order valence-electron chi connectivity index (χ3n) is 3.45. The molecule has 4 heteroatoms. The molecule has 2 unspecified atom stereocenters. The topological polar surface area (TPSA) is 45.7 Å². The molecule has 4 nitrogen and oxygen atoms in total. The summed E-state index contributed by atoms with van der Waals surface area (Å²) in [6.45, 7) is 7.67. The summed E-state index contributed by atoms with van der Waals surface area (Å²) in [6, 6.07) is 0.378. The molecule has 0 radical (unpaired) electrons. The summed E-state index contributed by atoms with van der Waals surface area (Å²) in [5, 5.41) is 6.60. The van der Waals surface area contributed by atoms with E-state index in [0.717, 1.165) is 18.9 Å². The highest BCUT2D eigenvalue weighted by molar-refractivity contribution is 5.80. The van der Waals surface area contributed by atoms with E-state index in [0.29, 0.717) is 18.7 Å². The number of hydrogen-bond acceptors (Lipinski definition) is 2. The number of rotatable bonds is 4. The summed E-state index contributed by atoms with van der Waals surface area (Å²) >= 11 is 0. The summed E-state index contributed by atoms with van der Waals surface area (Å²) in [4.78, 5) is 4.29. The lowest BCUT2D eigenvalue weighted by molar-refractivity contribution is -0.0922. The Bertz CT molecular complexity index is 317. The molecule has 0 aromatic heterocycles. The van der Waals surface area contributed by atoms with Gasteiger partial charge in [0.2, 0.25) is 0 Å². The second kappa shape index (κ2) is 5.92. The third kappa shape index (κ3) is 3.13. The van der Waals surface area contributed by atoms with Crippen molar-refractivity contribution in [3.63, 3.8) is 0 Å². The van der Waals surface area contributed by atoms with Crippen molar-refractivity contribution in [1.82, 2.24) is 10.6 Å². The highest BCUT2D eigenvalue weighted by atomic mass is 16.5. The molecular formula is C13H23N3O. The Morgan fingerprint density at radius 3 is 2.76 bits per heavy atom. The van der Waals surface area contributed by atoms with Gasteiger partial charge >= 0.3 is 0 Å². The number of methoxy groups -OCH3 is 1. The lowest BCUT2D eigenvalue weighted by atomic mass is 9.64. The molecule has 0 bridgehead atoms. The van der Waals surface area contributed by atoms with Crippen molar-refractivity contribution in [2.45, 2.75) is 39.3 Å². The van der Waals surface area contributed by atoms with Crippen LogP contribution in [0.5, 0.6) is 0 Å². The maximum absolute atomic E-state index is 5.42. The normalized spacial score (nSPS) is 26.9. The van der Waals surface area contributed by atoms with Gasteiger partial charge in [-0.2, -0.15) is 0 Å². The Labute approximate surface area is 104 Å². The highest BCUT2D eigenvalue weighted by Crippen LogP contribution is 2.42. The molecule has 0 aromatic rings. The van der Waals surface area contributed by atoms with Crippen LogP contribution < -0.4 is 10.6 Å². The van der Waals surface area contributed by atoms with Gasteiger partial charge in [0, 0.05) is 25.1 Å². The van der Waals surface area contributed by atoms with Crippen LogP contribution in [0.1, 0.15) is 27.2 Å². The van der Waals surface area contributed by atoms with Gasteiger partial charge in [-0.25, -0.2) is 4.99 Å². The van der Waals surface area contributed by atoms with Crippen molar-refractivity contribution >= 4 is 5.96 Å². The first-order valence-electron chi connectivity index (χ1n) is 6.07. The standard InChI is InChI=1S/C13H23N3O/c1-6-8-15-12(14-7-2)16-10-9-11(17-5)13(10,3)4/h1,10-11H,7-9H2,2-5H3,(H2,14,15,16). The van der Waals surface area contributed by atoms with Gasteiger partial charge in [-0.15, -0.1) is 6.42 Å². The van der Waals surface area contributed by atoms with Crippen LogP contribution in [0.15, 0.2) is 4.99 Å². The van der Waals surface area contributed by atoms with Crippen molar-refractivity contribution in [3.05, 3.63) is 0 Å². The van der Waals surface area contributed by atoms with Crippen LogP contribution in [0, 0.1) is 17.8 Å². The number of ether oxygens (including phenoxy) is 1. The lowest BCUT2D eigenvalue weighted by Crippen LogP contribution is -2.63. The Morgan fingerprint density at radius 1 is 1.59 bits per heavy atom. The molecule has 0 spiro atoms. The van der Waals surface area contributed by atoms with Gasteiger partial charge in [-0.1, -0.05) is 19.8 Å². The van der Waals surface area contributed by atoms with Crippen molar-refractivity contribution in [3.8, 4) is 12.3 Å². The van der Waals surface area contributed by atoms with Gasteiger partial charge in [-0.05, 0) is 13.3 Å². The zero-order chi connectivity index (χ0) is 12.9. The minimum Gasteiger partial charge on any atom is -0.381 e. The van der Waals surface area contributed by atoms with Crippen LogP contribution in [0.3, 0.4) is 0 Å². The Balaban J connectivity index is 2.55. The van der Waals surface area contributed by atoms with Gasteiger partial charge in [0.25, 0.3) is 0 Å². The summed E-state index contributed by atoms with van der Waals surface area (Å²) in [6.07, 6.45) is 6.53. The van der Waals surface area contributed by atoms with Crippen LogP contribution >= 0.6 is 0 Å². The Morgan fingerprint density at radius 2 is 2.29 bits per heavy atom. The average molecular weight is 237 g/mol. The van der Waals surface area contributed by atoms with Crippen LogP contribution in [-0.2, 0) is 4.74 Å². The SMILES string of the molecule is C#CCN=C(NCC)NC1CC(OC)C1(C)C. The summed E-state index contributed by atoms with van der Waals surface area (Å²) in [5.74, 6) is 3.30. The molecule has 1 aliphatic carbocycles. The van der Waals surface area contributed by atoms with Crippen molar-refractivity contribution in [1.29, 1.82) is 0 Å². The molecule has 96 valence electrons. The number of aliphatic imine (C=N–C) groups is 1. The summed E-state index contributed by atoms with van der Waals surface area (Å²) in [5.41, 5.74) is 0.126. The van der Waals surface area contributed by atoms with E-state index < -0.39 is 0 Å². The number of guanidine groups is 1. The van der Waals surface area contributed by atoms with E-state index >= 15 is 0 Å². The van der Waals surface area contributed by atoms with E-state index in [1.54, 1.807) is 7.11 Å². The molecule has 2 N–H and O–H groups in total. The minimum atomic E-state index is 0.126. The van der Waals surface area contributed by atoms with Gasteiger partial charge in [0.1, 0.15) is 6.54 Å². The average Bonchev–Trinajstić information content (AvgIpc) is 2.30. The third-order valence-corrected chi connectivity index (χ3v) is 3.45. The van der Waals surface area contributed by atoms with Gasteiger partial charge in [0.15, 0.2) is 5.96 Å². The quantitative estimate of drug-likeness (QED) is 0.435. The molecule has 0 amide bonds. The summed E-state index contributed by atoms with van der Waals surface area (Å²) < 4.78 is 5.42. The molecule has 0 saturated heterocycles. The zero-order valence-corrected chi connectivity index (χ0v) is 11.2. The fourth-order valence-electron chi connectivity index (χ4n) is 2.14. The van der Waals surface area contributed by atoms with E-state index in [-0.39, 0.29) is 5.41 Å². The summed E-state index contributed by atoms with van der Waals surface area (Å²) in [7, 11) is 1.76. The predicted octanol–water partition coefficient (Wildman–Crippen LogP) is 0.988. The second-order valence-electron chi connectivity index (χ2n) is 4.88. The molecular weight excluding hydrogens is 214 g/mol. The first-order chi connectivity index (χ1) is 8.06. The molecule has 0 aliphatic heterocycles. The molecule has 1 saturated carbocycles. The van der Waals surface area contributed by atoms with E-state index in [4.69, 9.17) is 11.2 Å². The van der Waals surface area contributed by atoms with Crippen LogP contribution in [-0.4, -0.2) is 38.3 Å². The van der Waals surface area contributed by atoms with Crippen LogP contribution in [0.2, 0.25) is 0 Å². The van der Waals surface area contributed by atoms with Gasteiger partial charge in [0.05, 0.1) is 6.10 Å². The number of nitrogens with zero attached hydrogens (tertiary/aromatic N) is 1. The van der Waals surface area contributed by atoms with Gasteiger partial charge in [-0.3, -0.25) is 0 Å². The van der Waals surface area contributed by atoms with E-state index in [1.165, 1.54) is 0 Å². The first-order valence-corrected chi connectivity index (χ1v) is 6.07. The molecule has 2 atom stereocenters.